The highest BCUT2D eigenvalue weighted by atomic mass is 35.5. The number of rotatable bonds is 5. The minimum atomic E-state index is -4.27. The van der Waals surface area contributed by atoms with Crippen LogP contribution in [0, 0.1) is 5.82 Å². The molecule has 2 aromatic carbocycles. The van der Waals surface area contributed by atoms with Crippen molar-refractivity contribution in [2.75, 3.05) is 4.72 Å². The highest BCUT2D eigenvalue weighted by molar-refractivity contribution is 7.92. The molecule has 2 rings (SSSR count). The molecular formula is C14H7ClFNO6S-2. The first kappa shape index (κ1) is 17.7. The molecule has 0 radical (unpaired) electrons. The van der Waals surface area contributed by atoms with Gasteiger partial charge in [0.05, 0.1) is 27.5 Å². The summed E-state index contributed by atoms with van der Waals surface area (Å²) >= 11 is 5.52. The molecule has 0 aliphatic rings. The van der Waals surface area contributed by atoms with Gasteiger partial charge in [0.15, 0.2) is 0 Å². The van der Waals surface area contributed by atoms with Crippen molar-refractivity contribution in [1.29, 1.82) is 0 Å². The standard InChI is InChI=1S/C14H9ClFNO6S/c15-11-6-10(1-2-12(11)16)24(22,23)17-9-4-7(13(18)19)3-8(5-9)14(20)21/h1-6,17H,(H,18,19)(H,20,21)/p-2. The number of nitrogens with one attached hydrogen (secondary N) is 1. The fourth-order valence-corrected chi connectivity index (χ4v) is 3.09. The topological polar surface area (TPSA) is 126 Å². The predicted molar refractivity (Wildman–Crippen MR) is 77.3 cm³/mol. The molecule has 0 aromatic heterocycles. The van der Waals surface area contributed by atoms with E-state index in [-0.39, 0.29) is 5.69 Å². The van der Waals surface area contributed by atoms with Gasteiger partial charge in [0.1, 0.15) is 5.82 Å². The Labute approximate surface area is 140 Å². The SMILES string of the molecule is O=C([O-])c1cc(NS(=O)(=O)c2ccc(F)c(Cl)c2)cc(C(=O)[O-])c1. The molecule has 0 spiro atoms. The number of anilines is 1. The number of aromatic carboxylic acids is 2. The lowest BCUT2D eigenvalue weighted by atomic mass is 10.1. The van der Waals surface area contributed by atoms with E-state index in [1.54, 1.807) is 0 Å². The lowest BCUT2D eigenvalue weighted by molar-refractivity contribution is -0.255. The molecule has 24 heavy (non-hydrogen) atoms. The Hall–Kier alpha value is -2.65. The Morgan fingerprint density at radius 2 is 1.54 bits per heavy atom. The van der Waals surface area contributed by atoms with E-state index in [1.807, 2.05) is 4.72 Å². The second kappa shape index (κ2) is 6.46. The van der Waals surface area contributed by atoms with Gasteiger partial charge in [0.2, 0.25) is 0 Å². The van der Waals surface area contributed by atoms with E-state index in [2.05, 4.69) is 0 Å². The van der Waals surface area contributed by atoms with Gasteiger partial charge in [-0.1, -0.05) is 11.6 Å². The Balaban J connectivity index is 2.47. The Morgan fingerprint density at radius 1 is 1.00 bits per heavy atom. The summed E-state index contributed by atoms with van der Waals surface area (Å²) in [5.74, 6) is -4.24. The fourth-order valence-electron chi connectivity index (χ4n) is 1.78. The van der Waals surface area contributed by atoms with Crippen LogP contribution in [-0.4, -0.2) is 20.4 Å². The lowest BCUT2D eigenvalue weighted by Crippen LogP contribution is -2.26. The van der Waals surface area contributed by atoms with Crippen molar-refractivity contribution in [2.45, 2.75) is 4.90 Å². The summed E-state index contributed by atoms with van der Waals surface area (Å²) in [7, 11) is -4.27. The summed E-state index contributed by atoms with van der Waals surface area (Å²) < 4.78 is 39.5. The molecule has 1 N–H and O–H groups in total. The monoisotopic (exact) mass is 371 g/mol. The van der Waals surface area contributed by atoms with Crippen LogP contribution in [0.3, 0.4) is 0 Å². The number of halogens is 2. The van der Waals surface area contributed by atoms with Crippen molar-refractivity contribution in [3.8, 4) is 0 Å². The molecule has 7 nitrogen and oxygen atoms in total. The van der Waals surface area contributed by atoms with Gasteiger partial charge in [-0.25, -0.2) is 12.8 Å². The first-order chi connectivity index (χ1) is 11.1. The molecule has 0 atom stereocenters. The molecule has 0 saturated heterocycles. The van der Waals surface area contributed by atoms with Gasteiger partial charge in [-0.15, -0.1) is 0 Å². The maximum absolute atomic E-state index is 13.1. The maximum Gasteiger partial charge on any atom is 0.261 e. The predicted octanol–water partition coefficient (Wildman–Crippen LogP) is 0.00690. The molecule has 0 aliphatic carbocycles. The van der Waals surface area contributed by atoms with Crippen molar-refractivity contribution in [3.63, 3.8) is 0 Å². The Morgan fingerprint density at radius 3 is 2.00 bits per heavy atom. The molecule has 0 amide bonds. The van der Waals surface area contributed by atoms with Crippen LogP contribution in [0.4, 0.5) is 10.1 Å². The van der Waals surface area contributed by atoms with E-state index in [0.717, 1.165) is 36.4 Å². The first-order valence-corrected chi connectivity index (χ1v) is 8.02. The summed E-state index contributed by atoms with van der Waals surface area (Å²) in [6.07, 6.45) is 0. The smallest absolute Gasteiger partial charge is 0.261 e. The van der Waals surface area contributed by atoms with E-state index >= 15 is 0 Å². The number of sulfonamides is 1. The largest absolute Gasteiger partial charge is 0.545 e. The van der Waals surface area contributed by atoms with Gasteiger partial charge in [-0.05, 0) is 47.5 Å². The normalized spacial score (nSPS) is 11.1. The zero-order chi connectivity index (χ0) is 18.1. The van der Waals surface area contributed by atoms with Gasteiger partial charge in [-0.3, -0.25) is 4.72 Å². The summed E-state index contributed by atoms with van der Waals surface area (Å²) in [6.45, 7) is 0. The van der Waals surface area contributed by atoms with E-state index in [9.17, 15) is 32.6 Å². The van der Waals surface area contributed by atoms with Gasteiger partial charge < -0.3 is 19.8 Å². The second-order valence-corrected chi connectivity index (χ2v) is 6.64. The van der Waals surface area contributed by atoms with Crippen molar-refractivity contribution >= 4 is 39.3 Å². The number of carboxylic acid groups (broad SMARTS) is 2. The van der Waals surface area contributed by atoms with Crippen molar-refractivity contribution in [2.24, 2.45) is 0 Å². The number of hydrogen-bond donors (Lipinski definition) is 1. The Kier molecular flexibility index (Phi) is 4.76. The average molecular weight is 372 g/mol. The highest BCUT2D eigenvalue weighted by Crippen LogP contribution is 2.23. The molecule has 0 aliphatic heterocycles. The average Bonchev–Trinajstić information content (AvgIpc) is 2.49. The number of hydrogen-bond acceptors (Lipinski definition) is 6. The molecule has 0 unspecified atom stereocenters. The number of carbonyl (C=O) groups excluding carboxylic acids is 2. The molecule has 10 heteroatoms. The zero-order valence-electron chi connectivity index (χ0n) is 11.6. The van der Waals surface area contributed by atoms with E-state index in [4.69, 9.17) is 11.6 Å². The van der Waals surface area contributed by atoms with Crippen molar-refractivity contribution < 1.29 is 32.6 Å². The third-order valence-electron chi connectivity index (χ3n) is 2.86. The van der Waals surface area contributed by atoms with Crippen molar-refractivity contribution in [3.05, 3.63) is 58.4 Å². The zero-order valence-corrected chi connectivity index (χ0v) is 13.2. The third kappa shape index (κ3) is 3.81. The van der Waals surface area contributed by atoms with E-state index < -0.39 is 48.8 Å². The van der Waals surface area contributed by atoms with Crippen LogP contribution >= 0.6 is 11.6 Å². The highest BCUT2D eigenvalue weighted by Gasteiger charge is 2.17. The van der Waals surface area contributed by atoms with Crippen LogP contribution in [0.1, 0.15) is 20.7 Å². The quantitative estimate of drug-likeness (QED) is 0.788. The molecule has 0 saturated carbocycles. The molecular weight excluding hydrogens is 365 g/mol. The van der Waals surface area contributed by atoms with Crippen LogP contribution in [-0.2, 0) is 10.0 Å². The summed E-state index contributed by atoms with van der Waals surface area (Å²) in [4.78, 5) is 21.4. The minimum Gasteiger partial charge on any atom is -0.545 e. The van der Waals surface area contributed by atoms with Crippen molar-refractivity contribution in [1.82, 2.24) is 0 Å². The van der Waals surface area contributed by atoms with Crippen LogP contribution in [0.5, 0.6) is 0 Å². The summed E-state index contributed by atoms with van der Waals surface area (Å²) in [6, 6.07) is 5.11. The first-order valence-electron chi connectivity index (χ1n) is 6.16. The van der Waals surface area contributed by atoms with Crippen LogP contribution in [0.2, 0.25) is 5.02 Å². The molecule has 0 fully saturated rings. The maximum atomic E-state index is 13.1. The van der Waals surface area contributed by atoms with E-state index in [1.165, 1.54) is 0 Å². The molecule has 2 aromatic rings. The van der Waals surface area contributed by atoms with Crippen LogP contribution < -0.4 is 14.9 Å². The lowest BCUT2D eigenvalue weighted by Gasteiger charge is -2.13. The number of carboxylic acids is 2. The molecule has 0 heterocycles. The third-order valence-corrected chi connectivity index (χ3v) is 4.53. The van der Waals surface area contributed by atoms with Gasteiger partial charge in [0, 0.05) is 0 Å². The number of carbonyl (C=O) groups is 2. The second-order valence-electron chi connectivity index (χ2n) is 4.56. The fraction of sp³-hybridized carbons (Fsp3) is 0. The minimum absolute atomic E-state index is 0.351. The van der Waals surface area contributed by atoms with Crippen LogP contribution in [0.25, 0.3) is 0 Å². The number of benzene rings is 2. The molecule has 0 bridgehead atoms. The van der Waals surface area contributed by atoms with Crippen LogP contribution in [0.15, 0.2) is 41.3 Å². The van der Waals surface area contributed by atoms with E-state index in [0.29, 0.717) is 0 Å². The summed E-state index contributed by atoms with van der Waals surface area (Å²) in [5.41, 5.74) is -1.48. The summed E-state index contributed by atoms with van der Waals surface area (Å²) in [5, 5.41) is 21.3. The van der Waals surface area contributed by atoms with Gasteiger partial charge in [-0.2, -0.15) is 0 Å². The van der Waals surface area contributed by atoms with Gasteiger partial charge in [0.25, 0.3) is 10.0 Å². The Bertz CT molecular complexity index is 912. The van der Waals surface area contributed by atoms with Gasteiger partial charge >= 0.3 is 0 Å². The molecule has 126 valence electrons.